The van der Waals surface area contributed by atoms with Gasteiger partial charge in [-0.3, -0.25) is 4.98 Å². The molecule has 0 aromatic carbocycles. The van der Waals surface area contributed by atoms with Crippen LogP contribution in [0.15, 0.2) is 24.5 Å². The molecule has 0 radical (unpaired) electrons. The fourth-order valence-electron chi connectivity index (χ4n) is 1.29. The van der Waals surface area contributed by atoms with Crippen LogP contribution in [0.3, 0.4) is 0 Å². The fourth-order valence-corrected chi connectivity index (χ4v) is 1.93. The van der Waals surface area contributed by atoms with Gasteiger partial charge < -0.3 is 5.73 Å². The molecule has 1 atom stereocenters. The van der Waals surface area contributed by atoms with E-state index in [0.717, 1.165) is 5.56 Å². The number of rotatable bonds is 4. The van der Waals surface area contributed by atoms with Crippen molar-refractivity contribution in [2.45, 2.75) is 31.1 Å². The number of pyridine rings is 1. The van der Waals surface area contributed by atoms with Gasteiger partial charge in [0.1, 0.15) is 0 Å². The van der Waals surface area contributed by atoms with Gasteiger partial charge >= 0.3 is 0 Å². The molecule has 0 spiro atoms. The largest absolute Gasteiger partial charge is 0.326 e. The molecule has 1 rings (SSSR count). The lowest BCUT2D eigenvalue weighted by Gasteiger charge is -2.29. The molecule has 0 saturated carbocycles. The Hall–Kier alpha value is -0.940. The maximum absolute atomic E-state index is 11.6. The minimum absolute atomic E-state index is 0.438. The van der Waals surface area contributed by atoms with Crippen molar-refractivity contribution in [3.05, 3.63) is 30.1 Å². The van der Waals surface area contributed by atoms with E-state index in [4.69, 9.17) is 5.73 Å². The van der Waals surface area contributed by atoms with Gasteiger partial charge in [0.2, 0.25) is 0 Å². The Morgan fingerprint density at radius 2 is 2.12 bits per heavy atom. The maximum Gasteiger partial charge on any atom is 0.154 e. The van der Waals surface area contributed by atoms with Gasteiger partial charge in [0.25, 0.3) is 0 Å². The van der Waals surface area contributed by atoms with Gasteiger partial charge in [-0.1, -0.05) is 6.07 Å². The molecule has 16 heavy (non-hydrogen) atoms. The smallest absolute Gasteiger partial charge is 0.154 e. The average molecular weight is 242 g/mol. The highest BCUT2D eigenvalue weighted by Gasteiger charge is 2.36. The topological polar surface area (TPSA) is 73.0 Å². The number of hydrogen-bond donors (Lipinski definition) is 1. The SMILES string of the molecule is CC(C)(C(N)Cc1cccnc1)S(C)(=O)=O. The highest BCUT2D eigenvalue weighted by molar-refractivity contribution is 7.92. The Labute approximate surface area is 96.8 Å². The summed E-state index contributed by atoms with van der Waals surface area (Å²) in [6.07, 6.45) is 5.11. The summed E-state index contributed by atoms with van der Waals surface area (Å²) in [4.78, 5) is 3.98. The Bertz CT molecular complexity index is 440. The number of nitrogens with zero attached hydrogens (tertiary/aromatic N) is 1. The zero-order valence-corrected chi connectivity index (χ0v) is 10.7. The van der Waals surface area contributed by atoms with Crippen molar-refractivity contribution in [3.63, 3.8) is 0 Å². The van der Waals surface area contributed by atoms with Gasteiger partial charge in [0.15, 0.2) is 9.84 Å². The first kappa shape index (κ1) is 13.1. The molecule has 0 saturated heterocycles. The van der Waals surface area contributed by atoms with E-state index in [-0.39, 0.29) is 0 Å². The molecule has 90 valence electrons. The summed E-state index contributed by atoms with van der Waals surface area (Å²) in [6.45, 7) is 3.31. The summed E-state index contributed by atoms with van der Waals surface area (Å²) in [5, 5.41) is 0. The minimum atomic E-state index is -3.17. The van der Waals surface area contributed by atoms with Gasteiger partial charge in [-0.05, 0) is 31.9 Å². The monoisotopic (exact) mass is 242 g/mol. The molecule has 0 fully saturated rings. The van der Waals surface area contributed by atoms with Gasteiger partial charge in [0.05, 0.1) is 4.75 Å². The fraction of sp³-hybridized carbons (Fsp3) is 0.545. The average Bonchev–Trinajstić information content (AvgIpc) is 2.17. The lowest BCUT2D eigenvalue weighted by atomic mass is 9.97. The Kier molecular flexibility index (Phi) is 3.70. The molecule has 0 aliphatic heterocycles. The molecule has 1 aromatic rings. The Balaban J connectivity index is 2.85. The van der Waals surface area contributed by atoms with Crippen molar-refractivity contribution in [2.75, 3.05) is 6.26 Å². The van der Waals surface area contributed by atoms with E-state index in [0.29, 0.717) is 6.42 Å². The number of sulfone groups is 1. The molecule has 0 aliphatic carbocycles. The third-order valence-electron chi connectivity index (χ3n) is 3.03. The second-order valence-corrected chi connectivity index (χ2v) is 7.14. The van der Waals surface area contributed by atoms with Crippen LogP contribution in [-0.2, 0) is 16.3 Å². The van der Waals surface area contributed by atoms with Crippen LogP contribution in [0.5, 0.6) is 0 Å². The van der Waals surface area contributed by atoms with Crippen LogP contribution in [0.25, 0.3) is 0 Å². The molecule has 1 aromatic heterocycles. The third-order valence-corrected chi connectivity index (χ3v) is 5.24. The predicted octanol–water partition coefficient (Wildman–Crippen LogP) is 0.775. The van der Waals surface area contributed by atoms with E-state index in [1.54, 1.807) is 26.2 Å². The predicted molar refractivity (Wildman–Crippen MR) is 64.8 cm³/mol. The number of nitrogens with two attached hydrogens (primary N) is 1. The van der Waals surface area contributed by atoms with Crippen molar-refractivity contribution in [1.82, 2.24) is 4.98 Å². The first-order chi connectivity index (χ1) is 7.25. The highest BCUT2D eigenvalue weighted by atomic mass is 32.2. The molecule has 5 heteroatoms. The zero-order chi connectivity index (χ0) is 12.4. The van der Waals surface area contributed by atoms with Gasteiger partial charge in [-0.2, -0.15) is 0 Å². The van der Waals surface area contributed by atoms with Gasteiger partial charge in [-0.15, -0.1) is 0 Å². The van der Waals surface area contributed by atoms with E-state index in [1.807, 2.05) is 12.1 Å². The van der Waals surface area contributed by atoms with Crippen LogP contribution >= 0.6 is 0 Å². The van der Waals surface area contributed by atoms with E-state index in [2.05, 4.69) is 4.98 Å². The molecule has 0 aliphatic rings. The van der Waals surface area contributed by atoms with Crippen molar-refractivity contribution in [2.24, 2.45) is 5.73 Å². The minimum Gasteiger partial charge on any atom is -0.326 e. The lowest BCUT2D eigenvalue weighted by Crippen LogP contribution is -2.49. The number of hydrogen-bond acceptors (Lipinski definition) is 4. The van der Waals surface area contributed by atoms with Crippen molar-refractivity contribution in [3.8, 4) is 0 Å². The highest BCUT2D eigenvalue weighted by Crippen LogP contribution is 2.21. The van der Waals surface area contributed by atoms with Crippen molar-refractivity contribution < 1.29 is 8.42 Å². The van der Waals surface area contributed by atoms with Crippen molar-refractivity contribution >= 4 is 9.84 Å². The zero-order valence-electron chi connectivity index (χ0n) is 9.84. The maximum atomic E-state index is 11.6. The molecule has 1 unspecified atom stereocenters. The summed E-state index contributed by atoms with van der Waals surface area (Å²) in [7, 11) is -3.17. The van der Waals surface area contributed by atoms with Gasteiger partial charge in [0, 0.05) is 24.7 Å². The van der Waals surface area contributed by atoms with E-state index < -0.39 is 20.6 Å². The first-order valence-corrected chi connectivity index (χ1v) is 6.98. The van der Waals surface area contributed by atoms with E-state index in [9.17, 15) is 8.42 Å². The number of aromatic nitrogens is 1. The standard InChI is InChI=1S/C11H18N2O2S/c1-11(2,16(3,14)15)10(12)7-9-5-4-6-13-8-9/h4-6,8,10H,7,12H2,1-3H3. The third kappa shape index (κ3) is 2.80. The lowest BCUT2D eigenvalue weighted by molar-refractivity contribution is 0.482. The Morgan fingerprint density at radius 1 is 1.50 bits per heavy atom. The van der Waals surface area contributed by atoms with Crippen LogP contribution in [0.1, 0.15) is 19.4 Å². The summed E-state index contributed by atoms with van der Waals surface area (Å²) in [5.74, 6) is 0. The molecule has 1 heterocycles. The van der Waals surface area contributed by atoms with E-state index in [1.165, 1.54) is 6.26 Å². The normalized spacial score (nSPS) is 14.8. The van der Waals surface area contributed by atoms with Crippen LogP contribution < -0.4 is 5.73 Å². The molecule has 4 nitrogen and oxygen atoms in total. The Morgan fingerprint density at radius 3 is 2.56 bits per heavy atom. The molecule has 2 N–H and O–H groups in total. The summed E-state index contributed by atoms with van der Waals surface area (Å²) in [5.41, 5.74) is 6.91. The second kappa shape index (κ2) is 4.51. The van der Waals surface area contributed by atoms with Crippen LogP contribution in [-0.4, -0.2) is 30.4 Å². The van der Waals surface area contributed by atoms with Gasteiger partial charge in [-0.25, -0.2) is 8.42 Å². The molecular weight excluding hydrogens is 224 g/mol. The molecular formula is C11H18N2O2S. The summed E-state index contributed by atoms with van der Waals surface area (Å²) in [6, 6.07) is 3.27. The van der Waals surface area contributed by atoms with Crippen molar-refractivity contribution in [1.29, 1.82) is 0 Å². The summed E-state index contributed by atoms with van der Waals surface area (Å²) < 4.78 is 22.3. The molecule has 0 bridgehead atoms. The quantitative estimate of drug-likeness (QED) is 0.846. The van der Waals surface area contributed by atoms with Crippen LogP contribution in [0, 0.1) is 0 Å². The van der Waals surface area contributed by atoms with Crippen LogP contribution in [0.2, 0.25) is 0 Å². The van der Waals surface area contributed by atoms with Crippen LogP contribution in [0.4, 0.5) is 0 Å². The second-order valence-electron chi connectivity index (χ2n) is 4.55. The van der Waals surface area contributed by atoms with E-state index >= 15 is 0 Å². The first-order valence-electron chi connectivity index (χ1n) is 5.09. The molecule has 0 amide bonds. The summed E-state index contributed by atoms with van der Waals surface area (Å²) >= 11 is 0.